The van der Waals surface area contributed by atoms with Crippen LogP contribution < -0.4 is 9.04 Å². The molecule has 0 aliphatic carbocycles. The lowest BCUT2D eigenvalue weighted by Crippen LogP contribution is -2.27. The van der Waals surface area contributed by atoms with Gasteiger partial charge in [-0.25, -0.2) is 22.2 Å². The standard InChI is InChI=1S/C14H14F2N2O3S/c1-3-21-14-7-5-11(9-17-14)22(19,20)18(2)13-8-10(15)4-6-12(13)16/h4-9H,3H2,1-2H3. The Bertz CT molecular complexity index is 764. The molecule has 0 amide bonds. The van der Waals surface area contributed by atoms with Gasteiger partial charge >= 0.3 is 0 Å². The first-order valence-corrected chi connectivity index (χ1v) is 7.83. The molecule has 0 atom stereocenters. The Morgan fingerprint density at radius 1 is 1.23 bits per heavy atom. The van der Waals surface area contributed by atoms with Crippen molar-refractivity contribution in [3.63, 3.8) is 0 Å². The van der Waals surface area contributed by atoms with Crippen LogP contribution in [0, 0.1) is 11.6 Å². The van der Waals surface area contributed by atoms with Gasteiger partial charge in [0.2, 0.25) is 5.88 Å². The summed E-state index contributed by atoms with van der Waals surface area (Å²) in [6, 6.07) is 5.28. The molecule has 2 rings (SSSR count). The summed E-state index contributed by atoms with van der Waals surface area (Å²) in [7, 11) is -2.91. The number of benzene rings is 1. The largest absolute Gasteiger partial charge is 0.478 e. The predicted molar refractivity (Wildman–Crippen MR) is 77.4 cm³/mol. The monoisotopic (exact) mass is 328 g/mol. The number of halogens is 2. The number of anilines is 1. The number of pyridine rings is 1. The third kappa shape index (κ3) is 3.16. The Balaban J connectivity index is 2.38. The van der Waals surface area contributed by atoms with Crippen LogP contribution in [0.15, 0.2) is 41.4 Å². The minimum absolute atomic E-state index is 0.151. The number of ether oxygens (including phenoxy) is 1. The highest BCUT2D eigenvalue weighted by Gasteiger charge is 2.24. The van der Waals surface area contributed by atoms with E-state index in [1.165, 1.54) is 12.1 Å². The van der Waals surface area contributed by atoms with Crippen LogP contribution in [-0.2, 0) is 10.0 Å². The van der Waals surface area contributed by atoms with E-state index in [4.69, 9.17) is 4.74 Å². The van der Waals surface area contributed by atoms with Gasteiger partial charge in [-0.2, -0.15) is 0 Å². The number of nitrogens with zero attached hydrogens (tertiary/aromatic N) is 2. The summed E-state index contributed by atoms with van der Waals surface area (Å²) in [5.41, 5.74) is -0.381. The first kappa shape index (κ1) is 16.2. The first-order chi connectivity index (χ1) is 10.4. The molecular formula is C14H14F2N2O3S. The van der Waals surface area contributed by atoms with Gasteiger partial charge in [-0.1, -0.05) is 0 Å². The van der Waals surface area contributed by atoms with Gasteiger partial charge in [0.25, 0.3) is 10.0 Å². The molecule has 0 N–H and O–H groups in total. The van der Waals surface area contributed by atoms with Crippen LogP contribution in [0.3, 0.4) is 0 Å². The number of aromatic nitrogens is 1. The van der Waals surface area contributed by atoms with Gasteiger partial charge in [-0.05, 0) is 25.1 Å². The molecule has 0 fully saturated rings. The van der Waals surface area contributed by atoms with Crippen molar-refractivity contribution < 1.29 is 21.9 Å². The summed E-state index contributed by atoms with van der Waals surface area (Å²) in [5, 5.41) is 0. The molecule has 0 unspecified atom stereocenters. The van der Waals surface area contributed by atoms with Gasteiger partial charge in [0.05, 0.1) is 18.5 Å². The van der Waals surface area contributed by atoms with Crippen LogP contribution in [0.25, 0.3) is 0 Å². The Morgan fingerprint density at radius 2 is 1.95 bits per heavy atom. The van der Waals surface area contributed by atoms with Gasteiger partial charge < -0.3 is 4.74 Å². The molecule has 5 nitrogen and oxygen atoms in total. The first-order valence-electron chi connectivity index (χ1n) is 6.39. The van der Waals surface area contributed by atoms with Crippen LogP contribution in [0.1, 0.15) is 6.92 Å². The molecular weight excluding hydrogens is 314 g/mol. The maximum atomic E-state index is 13.7. The second kappa shape index (κ2) is 6.27. The molecule has 0 saturated heterocycles. The SMILES string of the molecule is CCOc1ccc(S(=O)(=O)N(C)c2cc(F)ccc2F)cn1. The fourth-order valence-corrected chi connectivity index (χ4v) is 2.91. The summed E-state index contributed by atoms with van der Waals surface area (Å²) >= 11 is 0. The van der Waals surface area contributed by atoms with Crippen molar-refractivity contribution in [2.75, 3.05) is 18.0 Å². The highest BCUT2D eigenvalue weighted by molar-refractivity contribution is 7.92. The van der Waals surface area contributed by atoms with Crippen molar-refractivity contribution in [1.29, 1.82) is 0 Å². The molecule has 0 aliphatic rings. The number of hydrogen-bond acceptors (Lipinski definition) is 4. The molecule has 22 heavy (non-hydrogen) atoms. The molecule has 8 heteroatoms. The zero-order chi connectivity index (χ0) is 16.3. The molecule has 0 radical (unpaired) electrons. The van der Waals surface area contributed by atoms with E-state index >= 15 is 0 Å². The highest BCUT2D eigenvalue weighted by Crippen LogP contribution is 2.25. The second-order valence-electron chi connectivity index (χ2n) is 4.33. The van der Waals surface area contributed by atoms with E-state index in [0.717, 1.165) is 31.4 Å². The molecule has 0 saturated carbocycles. The fourth-order valence-electron chi connectivity index (χ4n) is 1.77. The van der Waals surface area contributed by atoms with Gasteiger partial charge in [-0.3, -0.25) is 4.31 Å². The van der Waals surface area contributed by atoms with E-state index in [1.807, 2.05) is 0 Å². The summed E-state index contributed by atoms with van der Waals surface area (Å²) in [5.74, 6) is -1.30. The summed E-state index contributed by atoms with van der Waals surface area (Å²) < 4.78 is 57.6. The van der Waals surface area contributed by atoms with E-state index in [-0.39, 0.29) is 16.5 Å². The lowest BCUT2D eigenvalue weighted by molar-refractivity contribution is 0.326. The summed E-state index contributed by atoms with van der Waals surface area (Å²) in [4.78, 5) is 3.70. The number of hydrogen-bond donors (Lipinski definition) is 0. The third-order valence-corrected chi connectivity index (χ3v) is 4.66. The molecule has 0 aliphatic heterocycles. The minimum atomic E-state index is -4.05. The van der Waals surface area contributed by atoms with Crippen molar-refractivity contribution in [2.45, 2.75) is 11.8 Å². The molecule has 1 heterocycles. The van der Waals surface area contributed by atoms with Crippen molar-refractivity contribution in [3.8, 4) is 5.88 Å². The zero-order valence-electron chi connectivity index (χ0n) is 12.0. The van der Waals surface area contributed by atoms with Crippen LogP contribution in [0.2, 0.25) is 0 Å². The number of rotatable bonds is 5. The Hall–Kier alpha value is -2.22. The van der Waals surface area contributed by atoms with Gasteiger partial charge in [0.15, 0.2) is 0 Å². The smallest absolute Gasteiger partial charge is 0.265 e. The predicted octanol–water partition coefficient (Wildman–Crippen LogP) is 2.58. The van der Waals surface area contributed by atoms with E-state index < -0.39 is 21.7 Å². The van der Waals surface area contributed by atoms with Crippen LogP contribution >= 0.6 is 0 Å². The van der Waals surface area contributed by atoms with E-state index in [0.29, 0.717) is 10.9 Å². The third-order valence-electron chi connectivity index (χ3n) is 2.91. The topological polar surface area (TPSA) is 59.5 Å². The molecule has 2 aromatic rings. The molecule has 1 aromatic heterocycles. The quantitative estimate of drug-likeness (QED) is 0.846. The maximum Gasteiger partial charge on any atom is 0.265 e. The van der Waals surface area contributed by atoms with E-state index in [1.54, 1.807) is 6.92 Å². The lowest BCUT2D eigenvalue weighted by Gasteiger charge is -2.20. The minimum Gasteiger partial charge on any atom is -0.478 e. The van der Waals surface area contributed by atoms with Gasteiger partial charge in [0.1, 0.15) is 16.5 Å². The average molecular weight is 328 g/mol. The summed E-state index contributed by atoms with van der Waals surface area (Å²) in [6.45, 7) is 2.17. The Morgan fingerprint density at radius 3 is 2.55 bits per heavy atom. The molecule has 0 bridgehead atoms. The van der Waals surface area contributed by atoms with Crippen molar-refractivity contribution in [1.82, 2.24) is 4.98 Å². The Labute approximate surface area is 127 Å². The summed E-state index contributed by atoms with van der Waals surface area (Å²) in [6.07, 6.45) is 1.11. The average Bonchev–Trinajstić information content (AvgIpc) is 2.50. The molecule has 0 spiro atoms. The fraction of sp³-hybridized carbons (Fsp3) is 0.214. The van der Waals surface area contributed by atoms with Crippen LogP contribution in [0.4, 0.5) is 14.5 Å². The van der Waals surface area contributed by atoms with Crippen LogP contribution in [0.5, 0.6) is 5.88 Å². The van der Waals surface area contributed by atoms with E-state index in [9.17, 15) is 17.2 Å². The van der Waals surface area contributed by atoms with E-state index in [2.05, 4.69) is 4.98 Å². The Kier molecular flexibility index (Phi) is 4.60. The molecule has 1 aromatic carbocycles. The second-order valence-corrected chi connectivity index (χ2v) is 6.30. The zero-order valence-corrected chi connectivity index (χ0v) is 12.8. The van der Waals surface area contributed by atoms with Crippen molar-refractivity contribution in [3.05, 3.63) is 48.2 Å². The van der Waals surface area contributed by atoms with Crippen molar-refractivity contribution >= 4 is 15.7 Å². The maximum absolute atomic E-state index is 13.7. The van der Waals surface area contributed by atoms with Gasteiger partial charge in [0, 0.05) is 19.2 Å². The highest BCUT2D eigenvalue weighted by atomic mass is 32.2. The molecule has 118 valence electrons. The van der Waals surface area contributed by atoms with Gasteiger partial charge in [-0.15, -0.1) is 0 Å². The van der Waals surface area contributed by atoms with Crippen LogP contribution in [-0.4, -0.2) is 27.1 Å². The normalized spacial score (nSPS) is 11.3. The van der Waals surface area contributed by atoms with Crippen molar-refractivity contribution in [2.24, 2.45) is 0 Å². The number of sulfonamides is 1. The lowest BCUT2D eigenvalue weighted by atomic mass is 10.3.